The summed E-state index contributed by atoms with van der Waals surface area (Å²) in [5.41, 5.74) is -2.03. The fourth-order valence-corrected chi connectivity index (χ4v) is 4.43. The summed E-state index contributed by atoms with van der Waals surface area (Å²) in [5, 5.41) is 9.30. The molecule has 1 N–H and O–H groups in total. The average molecular weight is 474 g/mol. The smallest absolute Gasteiger partial charge is 0.420 e. The minimum Gasteiger partial charge on any atom is -0.492 e. The van der Waals surface area contributed by atoms with Crippen LogP contribution in [-0.2, 0) is 11.0 Å². The molecule has 0 aromatic heterocycles. The minimum absolute atomic E-state index is 0.0873. The van der Waals surface area contributed by atoms with Gasteiger partial charge in [-0.1, -0.05) is 0 Å². The van der Waals surface area contributed by atoms with Crippen molar-refractivity contribution in [1.29, 1.82) is 0 Å². The van der Waals surface area contributed by atoms with Gasteiger partial charge in [-0.05, 0) is 56.1 Å². The predicted octanol–water partition coefficient (Wildman–Crippen LogP) is 5.32. The van der Waals surface area contributed by atoms with Crippen LogP contribution < -0.4 is 9.64 Å². The predicted molar refractivity (Wildman–Crippen MR) is 108 cm³/mol. The fraction of sp³-hybridized carbons (Fsp3) is 0.381. The Morgan fingerprint density at radius 1 is 1.12 bits per heavy atom. The van der Waals surface area contributed by atoms with E-state index in [1.165, 1.54) is 22.9 Å². The zero-order valence-electron chi connectivity index (χ0n) is 16.9. The number of alkyl halides is 3. The third kappa shape index (κ3) is 4.49. The molecule has 1 aliphatic carbocycles. The number of carbonyl (C=O) groups is 1. The van der Waals surface area contributed by atoms with Crippen LogP contribution in [0.5, 0.6) is 5.75 Å². The van der Waals surface area contributed by atoms with Gasteiger partial charge in [-0.3, -0.25) is 4.79 Å². The molecule has 0 unspecified atom stereocenters. The Labute approximate surface area is 184 Å². The van der Waals surface area contributed by atoms with Crippen LogP contribution in [0.25, 0.3) is 0 Å². The fourth-order valence-electron chi connectivity index (χ4n) is 3.50. The molecular formula is C21H19F5N2O3S. The molecule has 0 atom stereocenters. The van der Waals surface area contributed by atoms with Gasteiger partial charge in [-0.25, -0.2) is 13.1 Å². The number of ether oxygens (including phenoxy) is 1. The topological polar surface area (TPSA) is 53.0 Å². The molecule has 5 nitrogen and oxygen atoms in total. The molecule has 0 radical (unpaired) electrons. The lowest BCUT2D eigenvalue weighted by atomic mass is 10.1. The van der Waals surface area contributed by atoms with Crippen LogP contribution in [0.15, 0.2) is 35.2 Å². The molecule has 2 aromatic rings. The van der Waals surface area contributed by atoms with Gasteiger partial charge in [-0.15, -0.1) is 0 Å². The summed E-state index contributed by atoms with van der Waals surface area (Å²) < 4.78 is 76.5. The first kappa shape index (κ1) is 22.7. The van der Waals surface area contributed by atoms with E-state index in [0.29, 0.717) is 30.3 Å². The Morgan fingerprint density at radius 3 is 2.34 bits per heavy atom. The molecule has 0 spiro atoms. The Bertz CT molecular complexity index is 1040. The highest BCUT2D eigenvalue weighted by molar-refractivity contribution is 7.97. The lowest BCUT2D eigenvalue weighted by molar-refractivity contribution is -0.144. The van der Waals surface area contributed by atoms with E-state index in [2.05, 4.69) is 0 Å². The van der Waals surface area contributed by atoms with E-state index in [4.69, 9.17) is 4.74 Å². The number of nitrogens with zero attached hydrogens (tertiary/aromatic N) is 2. The van der Waals surface area contributed by atoms with Gasteiger partial charge in [-0.2, -0.15) is 13.2 Å². The summed E-state index contributed by atoms with van der Waals surface area (Å²) in [6, 6.07) is 4.91. The number of halogens is 5. The average Bonchev–Trinajstić information content (AvgIpc) is 3.48. The molecule has 2 aromatic carbocycles. The minimum atomic E-state index is -4.79. The van der Waals surface area contributed by atoms with Gasteiger partial charge >= 0.3 is 12.1 Å². The summed E-state index contributed by atoms with van der Waals surface area (Å²) in [7, 11) is 1.74. The maximum atomic E-state index is 13.9. The third-order valence-corrected chi connectivity index (χ3v) is 6.54. The molecule has 32 heavy (non-hydrogen) atoms. The number of rotatable bonds is 5. The second-order valence-corrected chi connectivity index (χ2v) is 9.16. The second kappa shape index (κ2) is 8.11. The Kier molecular flexibility index (Phi) is 5.74. The van der Waals surface area contributed by atoms with Crippen LogP contribution in [0.2, 0.25) is 0 Å². The maximum absolute atomic E-state index is 13.9. The molecule has 1 saturated carbocycles. The number of benzene rings is 2. The van der Waals surface area contributed by atoms with E-state index < -0.39 is 40.5 Å². The monoisotopic (exact) mass is 474 g/mol. The number of aliphatic carboxylic acids is 1. The number of carboxylic acids is 1. The first-order valence-corrected chi connectivity index (χ1v) is 10.5. The number of fused-ring (bicyclic) bond motifs is 1. The van der Waals surface area contributed by atoms with Gasteiger partial charge in [0.1, 0.15) is 29.4 Å². The van der Waals surface area contributed by atoms with Crippen molar-refractivity contribution in [3.05, 3.63) is 47.5 Å². The summed E-state index contributed by atoms with van der Waals surface area (Å²) >= 11 is 1.17. The molecule has 1 heterocycles. The quantitative estimate of drug-likeness (QED) is 0.468. The SMILES string of the molecule is CN1CCN(c2cc(F)cc(F)c2)c2cc(C(F)(F)F)c(OCC3(C(=O)O)CC3)cc2S1. The molecule has 1 aliphatic heterocycles. The summed E-state index contributed by atoms with van der Waals surface area (Å²) in [6.45, 7) is 0.222. The number of carboxylic acid groups (broad SMARTS) is 1. The molecule has 2 aliphatic rings. The highest BCUT2D eigenvalue weighted by Gasteiger charge is 2.51. The van der Waals surface area contributed by atoms with E-state index in [0.717, 1.165) is 18.2 Å². The van der Waals surface area contributed by atoms with Crippen LogP contribution in [0, 0.1) is 17.0 Å². The molecule has 172 valence electrons. The highest BCUT2D eigenvalue weighted by Crippen LogP contribution is 2.49. The van der Waals surface area contributed by atoms with Gasteiger partial charge < -0.3 is 14.7 Å². The Hall–Kier alpha value is -2.53. The summed E-state index contributed by atoms with van der Waals surface area (Å²) in [6.07, 6.45) is -4.11. The van der Waals surface area contributed by atoms with E-state index in [9.17, 15) is 31.9 Å². The van der Waals surface area contributed by atoms with Crippen molar-refractivity contribution < 1.29 is 36.6 Å². The number of anilines is 2. The first-order valence-electron chi connectivity index (χ1n) is 9.73. The lowest BCUT2D eigenvalue weighted by Gasteiger charge is -2.26. The van der Waals surface area contributed by atoms with Gasteiger partial charge in [0.15, 0.2) is 0 Å². The van der Waals surface area contributed by atoms with Crippen molar-refractivity contribution in [2.75, 3.05) is 31.6 Å². The molecule has 0 bridgehead atoms. The van der Waals surface area contributed by atoms with Gasteiger partial charge in [0.05, 0.1) is 16.1 Å². The number of hydrogen-bond donors (Lipinski definition) is 1. The van der Waals surface area contributed by atoms with Gasteiger partial charge in [0.25, 0.3) is 0 Å². The van der Waals surface area contributed by atoms with Crippen LogP contribution >= 0.6 is 11.9 Å². The zero-order valence-corrected chi connectivity index (χ0v) is 17.7. The van der Waals surface area contributed by atoms with E-state index in [1.54, 1.807) is 11.4 Å². The molecule has 11 heteroatoms. The molecule has 1 fully saturated rings. The number of hydrogen-bond acceptors (Lipinski definition) is 5. The van der Waals surface area contributed by atoms with Crippen molar-refractivity contribution in [3.63, 3.8) is 0 Å². The molecular weight excluding hydrogens is 455 g/mol. The summed E-state index contributed by atoms with van der Waals surface area (Å²) in [4.78, 5) is 13.2. The summed E-state index contributed by atoms with van der Waals surface area (Å²) in [5.74, 6) is -3.26. The van der Waals surface area contributed by atoms with Gasteiger partial charge in [0.2, 0.25) is 0 Å². The van der Waals surface area contributed by atoms with E-state index in [1.807, 2.05) is 0 Å². The van der Waals surface area contributed by atoms with Crippen molar-refractivity contribution >= 4 is 29.3 Å². The van der Waals surface area contributed by atoms with Crippen molar-refractivity contribution in [3.8, 4) is 5.75 Å². The van der Waals surface area contributed by atoms with Crippen molar-refractivity contribution in [1.82, 2.24) is 4.31 Å². The van der Waals surface area contributed by atoms with Crippen LogP contribution in [0.3, 0.4) is 0 Å². The molecule has 0 saturated heterocycles. The Balaban J connectivity index is 1.79. The highest BCUT2D eigenvalue weighted by atomic mass is 32.2. The largest absolute Gasteiger partial charge is 0.492 e. The van der Waals surface area contributed by atoms with Crippen LogP contribution in [0.1, 0.15) is 18.4 Å². The normalized spacial score (nSPS) is 18.1. The second-order valence-electron chi connectivity index (χ2n) is 7.91. The van der Waals surface area contributed by atoms with Crippen molar-refractivity contribution in [2.45, 2.75) is 23.9 Å². The van der Waals surface area contributed by atoms with E-state index in [-0.39, 0.29) is 24.5 Å². The Morgan fingerprint density at radius 2 is 1.78 bits per heavy atom. The van der Waals surface area contributed by atoms with Gasteiger partial charge in [0, 0.05) is 24.8 Å². The molecule has 0 amide bonds. The molecule has 4 rings (SSSR count). The zero-order chi connectivity index (χ0) is 23.3. The maximum Gasteiger partial charge on any atom is 0.420 e. The number of likely N-dealkylation sites (N-methyl/N-ethyl adjacent to an activating group) is 1. The van der Waals surface area contributed by atoms with E-state index >= 15 is 0 Å². The standard InChI is InChI=1S/C21H19F5N2O3S/c1-27-4-5-28(14-7-12(22)6-13(23)8-14)16-9-15(21(24,25)26)17(10-18(16)32-27)31-11-20(2-3-20)19(29)30/h6-10H,2-5,11H2,1H3,(H,29,30). The van der Waals surface area contributed by atoms with Crippen molar-refractivity contribution in [2.24, 2.45) is 5.41 Å². The van der Waals surface area contributed by atoms with Crippen LogP contribution in [-0.4, -0.2) is 42.1 Å². The first-order chi connectivity index (χ1) is 15.0. The lowest BCUT2D eigenvalue weighted by Crippen LogP contribution is -2.25. The van der Waals surface area contributed by atoms with Crippen LogP contribution in [0.4, 0.5) is 33.3 Å². The third-order valence-electron chi connectivity index (χ3n) is 5.52.